The Morgan fingerprint density at radius 3 is 2.42 bits per heavy atom. The first-order valence-electron chi connectivity index (χ1n) is 6.06. The Labute approximate surface area is 123 Å². The number of hydrogen-bond acceptors (Lipinski definition) is 3. The highest BCUT2D eigenvalue weighted by Gasteiger charge is 2.18. The van der Waals surface area contributed by atoms with Crippen molar-refractivity contribution in [1.29, 1.82) is 0 Å². The molecule has 0 saturated heterocycles. The van der Waals surface area contributed by atoms with Crippen LogP contribution < -0.4 is 0 Å². The van der Waals surface area contributed by atoms with E-state index in [1.165, 1.54) is 31.7 Å². The summed E-state index contributed by atoms with van der Waals surface area (Å²) >= 11 is 0. The lowest BCUT2D eigenvalue weighted by Gasteiger charge is -2.10. The van der Waals surface area contributed by atoms with Crippen molar-refractivity contribution in [3.05, 3.63) is 60.7 Å². The molecule has 0 spiro atoms. The summed E-state index contributed by atoms with van der Waals surface area (Å²) in [5.41, 5.74) is 2.70. The van der Waals surface area contributed by atoms with E-state index in [4.69, 9.17) is 0 Å². The molecule has 0 nitrogen and oxygen atoms in total. The molecule has 0 fully saturated rings. The van der Waals surface area contributed by atoms with E-state index in [2.05, 4.69) is 60.7 Å². The van der Waals surface area contributed by atoms with Crippen LogP contribution in [0.1, 0.15) is 0 Å². The molecule has 0 atom stereocenters. The number of rotatable bonds is 1. The van der Waals surface area contributed by atoms with Crippen molar-refractivity contribution < 1.29 is 0 Å². The molecule has 0 N–H and O–H groups in total. The zero-order chi connectivity index (χ0) is 12.7. The maximum Gasteiger partial charge on any atom is 0.0414 e. The Kier molecular flexibility index (Phi) is 2.98. The van der Waals surface area contributed by atoms with Crippen molar-refractivity contribution in [2.75, 3.05) is 0 Å². The van der Waals surface area contributed by atoms with Crippen LogP contribution in [0.25, 0.3) is 21.9 Å². The van der Waals surface area contributed by atoms with Crippen molar-refractivity contribution >= 4 is 42.2 Å². The fourth-order valence-corrected chi connectivity index (χ4v) is 6.97. The minimum absolute atomic E-state index is 1.31. The van der Waals surface area contributed by atoms with Crippen LogP contribution in [0.3, 0.4) is 0 Å². The van der Waals surface area contributed by atoms with Crippen LogP contribution in [0.4, 0.5) is 0 Å². The summed E-state index contributed by atoms with van der Waals surface area (Å²) in [5, 5.41) is 2.64. The van der Waals surface area contributed by atoms with E-state index in [0.29, 0.717) is 0 Å². The summed E-state index contributed by atoms with van der Waals surface area (Å²) in [4.78, 5) is 2.80. The van der Waals surface area contributed by atoms with E-state index >= 15 is 0 Å². The molecule has 0 amide bonds. The molecule has 0 aromatic heterocycles. The molecule has 0 aliphatic carbocycles. The highest BCUT2D eigenvalue weighted by Crippen LogP contribution is 2.58. The van der Waals surface area contributed by atoms with Gasteiger partial charge in [0.15, 0.2) is 0 Å². The summed E-state index contributed by atoms with van der Waals surface area (Å²) in [6.07, 6.45) is 0. The SMILES string of the molecule is c1cc2c(c(-c3cccc4ccccc34)c1)SSS2. The van der Waals surface area contributed by atoms with Gasteiger partial charge < -0.3 is 0 Å². The standard InChI is InChI=1S/C16H10S3/c1-2-7-12-11(5-1)6-3-8-13(12)14-9-4-10-15-16(14)18-19-17-15/h1-10H. The van der Waals surface area contributed by atoms with Gasteiger partial charge in [0.1, 0.15) is 0 Å². The normalized spacial score (nSPS) is 13.7. The predicted octanol–water partition coefficient (Wildman–Crippen LogP) is 6.27. The summed E-state index contributed by atoms with van der Waals surface area (Å²) in [6.45, 7) is 0. The van der Waals surface area contributed by atoms with Crippen LogP contribution in [-0.2, 0) is 0 Å². The van der Waals surface area contributed by atoms with E-state index in [-0.39, 0.29) is 0 Å². The lowest BCUT2D eigenvalue weighted by Crippen LogP contribution is -1.84. The van der Waals surface area contributed by atoms with Crippen LogP contribution in [0.15, 0.2) is 70.5 Å². The number of fused-ring (bicyclic) bond motifs is 2. The van der Waals surface area contributed by atoms with Gasteiger partial charge in [0.25, 0.3) is 0 Å². The minimum Gasteiger partial charge on any atom is -0.0616 e. The first-order chi connectivity index (χ1) is 9.43. The summed E-state index contributed by atoms with van der Waals surface area (Å²) in [5.74, 6) is 0. The van der Waals surface area contributed by atoms with Gasteiger partial charge in [-0.15, -0.1) is 0 Å². The average molecular weight is 298 g/mol. The lowest BCUT2D eigenvalue weighted by atomic mass is 9.98. The third-order valence-electron chi connectivity index (χ3n) is 3.30. The Morgan fingerprint density at radius 1 is 0.632 bits per heavy atom. The van der Waals surface area contributed by atoms with Crippen molar-refractivity contribution in [2.24, 2.45) is 0 Å². The fraction of sp³-hybridized carbons (Fsp3) is 0. The van der Waals surface area contributed by atoms with Gasteiger partial charge >= 0.3 is 0 Å². The molecule has 3 heteroatoms. The third-order valence-corrected chi connectivity index (χ3v) is 7.36. The Bertz CT molecular complexity index is 760. The van der Waals surface area contributed by atoms with Crippen molar-refractivity contribution in [2.45, 2.75) is 9.79 Å². The molecule has 0 bridgehead atoms. The topological polar surface area (TPSA) is 0 Å². The molecule has 1 heterocycles. The minimum atomic E-state index is 1.31. The van der Waals surface area contributed by atoms with Gasteiger partial charge in [-0.05, 0) is 59.4 Å². The van der Waals surface area contributed by atoms with Crippen LogP contribution in [0, 0.1) is 0 Å². The zero-order valence-corrected chi connectivity index (χ0v) is 12.4. The predicted molar refractivity (Wildman–Crippen MR) is 88.7 cm³/mol. The molecule has 3 aromatic carbocycles. The second kappa shape index (κ2) is 4.82. The van der Waals surface area contributed by atoms with Gasteiger partial charge in [-0.2, -0.15) is 0 Å². The monoisotopic (exact) mass is 298 g/mol. The van der Waals surface area contributed by atoms with Crippen molar-refractivity contribution in [3.8, 4) is 11.1 Å². The summed E-state index contributed by atoms with van der Waals surface area (Å²) in [6, 6.07) is 21.8. The van der Waals surface area contributed by atoms with Crippen molar-refractivity contribution in [1.82, 2.24) is 0 Å². The second-order valence-corrected chi connectivity index (χ2v) is 8.34. The van der Waals surface area contributed by atoms with Gasteiger partial charge in [-0.1, -0.05) is 54.6 Å². The van der Waals surface area contributed by atoms with E-state index in [9.17, 15) is 0 Å². The smallest absolute Gasteiger partial charge is 0.0414 e. The molecule has 0 unspecified atom stereocenters. The van der Waals surface area contributed by atoms with Gasteiger partial charge in [0, 0.05) is 9.79 Å². The molecule has 0 radical (unpaired) electrons. The fourth-order valence-electron chi connectivity index (χ4n) is 2.43. The molecule has 1 aliphatic rings. The van der Waals surface area contributed by atoms with Crippen molar-refractivity contribution in [3.63, 3.8) is 0 Å². The Morgan fingerprint density at radius 2 is 1.42 bits per heavy atom. The number of benzene rings is 3. The maximum absolute atomic E-state index is 2.24. The molecule has 1 aliphatic heterocycles. The molecular formula is C16H10S3. The second-order valence-electron chi connectivity index (χ2n) is 4.39. The molecule has 19 heavy (non-hydrogen) atoms. The van der Waals surface area contributed by atoms with Gasteiger partial charge in [0.05, 0.1) is 0 Å². The molecular weight excluding hydrogens is 288 g/mol. The van der Waals surface area contributed by atoms with Gasteiger partial charge in [-0.25, -0.2) is 0 Å². The third kappa shape index (κ3) is 1.97. The summed E-state index contributed by atoms with van der Waals surface area (Å²) < 4.78 is 0. The largest absolute Gasteiger partial charge is 0.0616 e. The number of hydrogen-bond donors (Lipinski definition) is 0. The van der Waals surface area contributed by atoms with E-state index < -0.39 is 0 Å². The summed E-state index contributed by atoms with van der Waals surface area (Å²) in [7, 11) is 5.59. The molecule has 92 valence electrons. The van der Waals surface area contributed by atoms with Crippen LogP contribution in [0.5, 0.6) is 0 Å². The maximum atomic E-state index is 2.24. The first-order valence-corrected chi connectivity index (χ1v) is 9.54. The first kappa shape index (κ1) is 11.8. The van der Waals surface area contributed by atoms with E-state index in [1.807, 2.05) is 31.4 Å². The molecule has 4 rings (SSSR count). The van der Waals surface area contributed by atoms with Gasteiger partial charge in [0.2, 0.25) is 0 Å². The van der Waals surface area contributed by atoms with Crippen LogP contribution >= 0.6 is 31.4 Å². The Hall–Kier alpha value is -1.03. The van der Waals surface area contributed by atoms with E-state index in [1.54, 1.807) is 0 Å². The Balaban J connectivity index is 2.04. The lowest BCUT2D eigenvalue weighted by molar-refractivity contribution is 1.27. The quantitative estimate of drug-likeness (QED) is 0.486. The molecule has 3 aromatic rings. The van der Waals surface area contributed by atoms with Crippen LogP contribution in [0.2, 0.25) is 0 Å². The molecule has 0 saturated carbocycles. The van der Waals surface area contributed by atoms with E-state index in [0.717, 1.165) is 0 Å². The highest BCUT2D eigenvalue weighted by molar-refractivity contribution is 9.10. The average Bonchev–Trinajstić information content (AvgIpc) is 2.95. The highest BCUT2D eigenvalue weighted by atomic mass is 33.5. The zero-order valence-electron chi connectivity index (χ0n) is 10.00. The van der Waals surface area contributed by atoms with Crippen LogP contribution in [-0.4, -0.2) is 0 Å². The van der Waals surface area contributed by atoms with Gasteiger partial charge in [-0.3, -0.25) is 0 Å².